The molecule has 0 fully saturated rings. The highest BCUT2D eigenvalue weighted by molar-refractivity contribution is 5.70. The average molecular weight is 835 g/mol. The standard InChI is InChI=1S/C55H94O5/c1-4-7-10-13-16-19-22-25-28-30-33-36-39-42-45-48-54(56)59-52-53(51-58-50-47-44-41-38-35-32-27-24-21-18-15-12-9-6-3)60-55(57)49-46-43-40-37-34-31-29-26-23-20-17-14-11-8-5-2/h9,12,16,18-19,21,25-29,32,38,41,53H,4-8,10-11,13-15,17,20,22-24,30-31,33-37,39-40,42-52H2,1-3H3/b12-9-,19-16-,21-18-,28-25-,29-26-,32-27-,41-38-. The second-order valence-electron chi connectivity index (χ2n) is 16.3. The minimum absolute atomic E-state index is 0.0497. The van der Waals surface area contributed by atoms with Gasteiger partial charge in [-0.15, -0.1) is 0 Å². The van der Waals surface area contributed by atoms with Crippen molar-refractivity contribution in [2.75, 3.05) is 19.8 Å². The van der Waals surface area contributed by atoms with Gasteiger partial charge in [-0.2, -0.15) is 0 Å². The summed E-state index contributed by atoms with van der Waals surface area (Å²) in [5.74, 6) is -0.455. The van der Waals surface area contributed by atoms with Gasteiger partial charge in [-0.1, -0.05) is 189 Å². The number of esters is 2. The molecule has 0 bridgehead atoms. The van der Waals surface area contributed by atoms with Gasteiger partial charge < -0.3 is 14.2 Å². The van der Waals surface area contributed by atoms with Crippen LogP contribution in [0.3, 0.4) is 0 Å². The zero-order valence-corrected chi connectivity index (χ0v) is 39.5. The van der Waals surface area contributed by atoms with Crippen molar-refractivity contribution in [3.63, 3.8) is 0 Å². The molecule has 0 rings (SSSR count). The second kappa shape index (κ2) is 50.4. The number of ether oxygens (including phenoxy) is 3. The summed E-state index contributed by atoms with van der Waals surface area (Å²) in [4.78, 5) is 25.4. The Morgan fingerprint density at radius 2 is 0.750 bits per heavy atom. The molecule has 0 aliphatic heterocycles. The van der Waals surface area contributed by atoms with E-state index in [0.717, 1.165) is 96.3 Å². The quantitative estimate of drug-likeness (QED) is 0.0347. The molecule has 1 unspecified atom stereocenters. The SMILES string of the molecule is CC/C=C\C/C=C\C/C=C\C/C=C\CCCOCC(COC(=O)CCCCCCC/C=C\C/C=C\CCCCC)OC(=O)CCCCCCC/C=C\CCCCCCCC. The first-order valence-electron chi connectivity index (χ1n) is 25.1. The third kappa shape index (κ3) is 47.8. The number of allylic oxidation sites excluding steroid dienone is 14. The van der Waals surface area contributed by atoms with E-state index in [1.54, 1.807) is 0 Å². The lowest BCUT2D eigenvalue weighted by Crippen LogP contribution is -2.30. The van der Waals surface area contributed by atoms with Crippen LogP contribution in [0.5, 0.6) is 0 Å². The fraction of sp³-hybridized carbons (Fsp3) is 0.709. The van der Waals surface area contributed by atoms with Crippen molar-refractivity contribution in [2.45, 2.75) is 232 Å². The third-order valence-electron chi connectivity index (χ3n) is 10.4. The van der Waals surface area contributed by atoms with Gasteiger partial charge >= 0.3 is 11.9 Å². The minimum atomic E-state index is -0.577. The Bertz CT molecular complexity index is 1130. The van der Waals surface area contributed by atoms with Crippen molar-refractivity contribution in [3.8, 4) is 0 Å². The number of carbonyl (C=O) groups is 2. The van der Waals surface area contributed by atoms with Crippen LogP contribution in [0, 0.1) is 0 Å². The maximum Gasteiger partial charge on any atom is 0.306 e. The number of unbranched alkanes of at least 4 members (excludes halogenated alkanes) is 20. The van der Waals surface area contributed by atoms with E-state index in [1.165, 1.54) is 96.3 Å². The molecule has 0 aromatic carbocycles. The lowest BCUT2D eigenvalue weighted by Gasteiger charge is -2.18. The van der Waals surface area contributed by atoms with Crippen LogP contribution in [0.1, 0.15) is 226 Å². The van der Waals surface area contributed by atoms with Crippen molar-refractivity contribution >= 4 is 11.9 Å². The van der Waals surface area contributed by atoms with Gasteiger partial charge in [0, 0.05) is 19.4 Å². The Balaban J connectivity index is 4.39. The molecule has 0 spiro atoms. The predicted molar refractivity (Wildman–Crippen MR) is 260 cm³/mol. The Hall–Kier alpha value is -2.92. The van der Waals surface area contributed by atoms with Gasteiger partial charge in [0.2, 0.25) is 0 Å². The molecule has 0 aromatic heterocycles. The number of carbonyl (C=O) groups excluding carboxylic acids is 2. The van der Waals surface area contributed by atoms with Crippen LogP contribution in [0.2, 0.25) is 0 Å². The van der Waals surface area contributed by atoms with Crippen LogP contribution in [0.25, 0.3) is 0 Å². The summed E-state index contributed by atoms with van der Waals surface area (Å²) >= 11 is 0. The molecule has 0 radical (unpaired) electrons. The zero-order chi connectivity index (χ0) is 43.5. The molecule has 344 valence electrons. The van der Waals surface area contributed by atoms with E-state index in [1.807, 2.05) is 0 Å². The topological polar surface area (TPSA) is 61.8 Å². The molecule has 0 saturated heterocycles. The molecule has 5 heteroatoms. The molecule has 0 N–H and O–H groups in total. The fourth-order valence-electron chi connectivity index (χ4n) is 6.66. The van der Waals surface area contributed by atoms with Gasteiger partial charge in [-0.3, -0.25) is 9.59 Å². The first-order valence-corrected chi connectivity index (χ1v) is 25.1. The van der Waals surface area contributed by atoms with E-state index >= 15 is 0 Å². The highest BCUT2D eigenvalue weighted by Gasteiger charge is 2.17. The first kappa shape index (κ1) is 57.1. The van der Waals surface area contributed by atoms with E-state index in [9.17, 15) is 9.59 Å². The van der Waals surface area contributed by atoms with Gasteiger partial charge in [0.1, 0.15) is 6.61 Å². The van der Waals surface area contributed by atoms with Crippen LogP contribution >= 0.6 is 0 Å². The molecule has 5 nitrogen and oxygen atoms in total. The molecule has 0 aliphatic rings. The summed E-state index contributed by atoms with van der Waals surface area (Å²) in [6.07, 6.45) is 65.9. The molecule has 0 saturated carbocycles. The second-order valence-corrected chi connectivity index (χ2v) is 16.3. The third-order valence-corrected chi connectivity index (χ3v) is 10.4. The van der Waals surface area contributed by atoms with Gasteiger partial charge in [0.25, 0.3) is 0 Å². The van der Waals surface area contributed by atoms with Crippen molar-refractivity contribution in [1.82, 2.24) is 0 Å². The van der Waals surface area contributed by atoms with E-state index in [4.69, 9.17) is 14.2 Å². The molecule has 60 heavy (non-hydrogen) atoms. The highest BCUT2D eigenvalue weighted by Crippen LogP contribution is 2.13. The summed E-state index contributed by atoms with van der Waals surface area (Å²) in [5.41, 5.74) is 0. The highest BCUT2D eigenvalue weighted by atomic mass is 16.6. The van der Waals surface area contributed by atoms with Crippen LogP contribution in [-0.2, 0) is 23.8 Å². The van der Waals surface area contributed by atoms with E-state index in [-0.39, 0.29) is 25.2 Å². The summed E-state index contributed by atoms with van der Waals surface area (Å²) < 4.78 is 17.3. The molecule has 1 atom stereocenters. The maximum atomic E-state index is 12.8. The monoisotopic (exact) mass is 835 g/mol. The summed E-state index contributed by atoms with van der Waals surface area (Å²) in [7, 11) is 0. The van der Waals surface area contributed by atoms with Gasteiger partial charge in [-0.05, 0) is 109 Å². The number of hydrogen-bond donors (Lipinski definition) is 0. The molecule has 0 aliphatic carbocycles. The average Bonchev–Trinajstić information content (AvgIpc) is 3.25. The summed E-state index contributed by atoms with van der Waals surface area (Å²) in [6.45, 7) is 7.52. The normalized spacial score (nSPS) is 12.9. The zero-order valence-electron chi connectivity index (χ0n) is 39.5. The number of hydrogen-bond acceptors (Lipinski definition) is 5. The van der Waals surface area contributed by atoms with Gasteiger partial charge in [-0.25, -0.2) is 0 Å². The van der Waals surface area contributed by atoms with Crippen LogP contribution in [-0.4, -0.2) is 37.9 Å². The van der Waals surface area contributed by atoms with Crippen molar-refractivity contribution in [3.05, 3.63) is 85.1 Å². The molecule has 0 aromatic rings. The summed E-state index contributed by atoms with van der Waals surface area (Å²) in [5, 5.41) is 0. The van der Waals surface area contributed by atoms with E-state index in [0.29, 0.717) is 19.4 Å². The smallest absolute Gasteiger partial charge is 0.306 e. The van der Waals surface area contributed by atoms with Crippen molar-refractivity contribution in [2.24, 2.45) is 0 Å². The van der Waals surface area contributed by atoms with Gasteiger partial charge in [0.05, 0.1) is 6.61 Å². The predicted octanol–water partition coefficient (Wildman–Crippen LogP) is 16.9. The Morgan fingerprint density at radius 3 is 1.25 bits per heavy atom. The molecular weight excluding hydrogens is 741 g/mol. The molecule has 0 heterocycles. The van der Waals surface area contributed by atoms with Crippen LogP contribution < -0.4 is 0 Å². The minimum Gasteiger partial charge on any atom is -0.462 e. The number of rotatable bonds is 45. The fourth-order valence-corrected chi connectivity index (χ4v) is 6.66. The van der Waals surface area contributed by atoms with Crippen molar-refractivity contribution < 1.29 is 23.8 Å². The lowest BCUT2D eigenvalue weighted by atomic mass is 10.1. The molecule has 0 amide bonds. The lowest BCUT2D eigenvalue weighted by molar-refractivity contribution is -0.163. The van der Waals surface area contributed by atoms with Gasteiger partial charge in [0.15, 0.2) is 6.10 Å². The Morgan fingerprint density at radius 1 is 0.383 bits per heavy atom. The van der Waals surface area contributed by atoms with E-state index < -0.39 is 6.10 Å². The maximum absolute atomic E-state index is 12.8. The van der Waals surface area contributed by atoms with E-state index in [2.05, 4.69) is 106 Å². The van der Waals surface area contributed by atoms with Crippen molar-refractivity contribution in [1.29, 1.82) is 0 Å². The Kier molecular flexibility index (Phi) is 48.0. The summed E-state index contributed by atoms with van der Waals surface area (Å²) in [6, 6.07) is 0. The van der Waals surface area contributed by atoms with Crippen LogP contribution in [0.15, 0.2) is 85.1 Å². The van der Waals surface area contributed by atoms with Crippen LogP contribution in [0.4, 0.5) is 0 Å². The Labute approximate surface area is 371 Å². The first-order chi connectivity index (χ1) is 29.6. The largest absolute Gasteiger partial charge is 0.462 e. The molecular formula is C55H94O5.